The van der Waals surface area contributed by atoms with E-state index in [-0.39, 0.29) is 26.2 Å². The minimum atomic E-state index is -1.17. The number of rotatable bonds is 14. The van der Waals surface area contributed by atoms with E-state index in [2.05, 4.69) is 10.6 Å². The minimum absolute atomic E-state index is 0.106. The van der Waals surface area contributed by atoms with Gasteiger partial charge in [-0.1, -0.05) is 30.3 Å². The second kappa shape index (κ2) is 16.2. The summed E-state index contributed by atoms with van der Waals surface area (Å²) < 4.78 is 31.8. The molecule has 2 saturated heterocycles. The maximum absolute atomic E-state index is 12.7. The maximum Gasteiger partial charge on any atom is 0.412 e. The Morgan fingerprint density at radius 1 is 1.09 bits per heavy atom. The Labute approximate surface area is 249 Å². The van der Waals surface area contributed by atoms with Gasteiger partial charge >= 0.3 is 18.0 Å². The third-order valence-corrected chi connectivity index (χ3v) is 6.72. The molecule has 2 aliphatic rings. The van der Waals surface area contributed by atoms with Gasteiger partial charge in [0.2, 0.25) is 18.6 Å². The van der Waals surface area contributed by atoms with Crippen LogP contribution in [0.5, 0.6) is 0 Å². The molecule has 3 amide bonds. The van der Waals surface area contributed by atoms with Crippen molar-refractivity contribution in [2.45, 2.75) is 83.0 Å². The number of hydrogen-bond donors (Lipinski definition) is 3. The van der Waals surface area contributed by atoms with E-state index < -0.39 is 79.4 Å². The molecule has 1 aromatic carbocycles. The van der Waals surface area contributed by atoms with Crippen molar-refractivity contribution >= 4 is 29.8 Å². The summed E-state index contributed by atoms with van der Waals surface area (Å²) >= 11 is 0. The summed E-state index contributed by atoms with van der Waals surface area (Å²) in [5.41, 5.74) is 0.872. The zero-order chi connectivity index (χ0) is 31.5. The number of aliphatic hydroxyl groups excluding tert-OH is 1. The van der Waals surface area contributed by atoms with Gasteiger partial charge in [0.25, 0.3) is 0 Å². The molecule has 0 saturated carbocycles. The van der Waals surface area contributed by atoms with Crippen LogP contribution < -0.4 is 10.6 Å². The first kappa shape index (κ1) is 33.7. The number of fused-ring (bicyclic) bond motifs is 2. The minimum Gasteiger partial charge on any atom is -0.461 e. The smallest absolute Gasteiger partial charge is 0.412 e. The average Bonchev–Trinajstić information content (AvgIpc) is 3.43. The number of carbonyl (C=O) groups excluding carboxylic acids is 5. The van der Waals surface area contributed by atoms with Crippen molar-refractivity contribution in [3.8, 4) is 0 Å². The molecule has 2 bridgehead atoms. The van der Waals surface area contributed by atoms with Crippen molar-refractivity contribution in [1.29, 1.82) is 0 Å². The number of esters is 2. The second-order valence-corrected chi connectivity index (χ2v) is 10.2. The lowest BCUT2D eigenvalue weighted by atomic mass is 9.98. The first-order valence-corrected chi connectivity index (χ1v) is 13.9. The first-order valence-electron chi connectivity index (χ1n) is 13.9. The van der Waals surface area contributed by atoms with E-state index in [0.29, 0.717) is 6.42 Å². The molecular formula is C28H39N3O12. The summed E-state index contributed by atoms with van der Waals surface area (Å²) in [6.07, 6.45) is -5.15. The third kappa shape index (κ3) is 10.2. The zero-order valence-corrected chi connectivity index (χ0v) is 24.6. The Morgan fingerprint density at radius 2 is 1.81 bits per heavy atom. The van der Waals surface area contributed by atoms with E-state index in [4.69, 9.17) is 28.4 Å². The quantitative estimate of drug-likeness (QED) is 0.189. The van der Waals surface area contributed by atoms with Crippen LogP contribution in [0.4, 0.5) is 4.79 Å². The van der Waals surface area contributed by atoms with Gasteiger partial charge in [-0.3, -0.25) is 14.4 Å². The van der Waals surface area contributed by atoms with Crippen LogP contribution in [0.25, 0.3) is 0 Å². The van der Waals surface area contributed by atoms with Crippen LogP contribution in [0, 0.1) is 0 Å². The molecule has 2 aliphatic heterocycles. The molecule has 2 fully saturated rings. The van der Waals surface area contributed by atoms with Gasteiger partial charge in [-0.05, 0) is 25.8 Å². The number of hydrogen-bond acceptors (Lipinski definition) is 12. The maximum atomic E-state index is 12.7. The van der Waals surface area contributed by atoms with Crippen LogP contribution in [0.15, 0.2) is 30.3 Å². The van der Waals surface area contributed by atoms with Crippen LogP contribution in [0.1, 0.15) is 39.2 Å². The number of carbonyl (C=O) groups is 5. The Kier molecular flexibility index (Phi) is 12.7. The number of aliphatic hydroxyl groups is 1. The lowest BCUT2D eigenvalue weighted by Crippen LogP contribution is -2.62. The van der Waals surface area contributed by atoms with Crippen LogP contribution in [0.3, 0.4) is 0 Å². The number of ether oxygens (including phenoxy) is 6. The highest BCUT2D eigenvalue weighted by Crippen LogP contribution is 2.30. The van der Waals surface area contributed by atoms with Gasteiger partial charge in [-0.25, -0.2) is 9.59 Å². The predicted molar refractivity (Wildman–Crippen MR) is 146 cm³/mol. The highest BCUT2D eigenvalue weighted by Gasteiger charge is 2.52. The van der Waals surface area contributed by atoms with Gasteiger partial charge in [0, 0.05) is 26.9 Å². The first-order chi connectivity index (χ1) is 20.5. The lowest BCUT2D eigenvalue weighted by Gasteiger charge is -2.39. The molecule has 0 radical (unpaired) electrons. The fourth-order valence-electron chi connectivity index (χ4n) is 4.36. The topological polar surface area (TPSA) is 188 Å². The molecule has 238 valence electrons. The predicted octanol–water partition coefficient (Wildman–Crippen LogP) is -0.0218. The normalized spacial score (nSPS) is 23.8. The van der Waals surface area contributed by atoms with E-state index in [1.54, 1.807) is 0 Å². The molecule has 15 heteroatoms. The van der Waals surface area contributed by atoms with E-state index in [9.17, 15) is 29.1 Å². The molecule has 43 heavy (non-hydrogen) atoms. The van der Waals surface area contributed by atoms with Gasteiger partial charge in [0.05, 0.1) is 6.61 Å². The monoisotopic (exact) mass is 609 g/mol. The van der Waals surface area contributed by atoms with E-state index in [1.807, 2.05) is 30.3 Å². The van der Waals surface area contributed by atoms with Gasteiger partial charge in [0.15, 0.2) is 6.29 Å². The van der Waals surface area contributed by atoms with E-state index in [0.717, 1.165) is 5.56 Å². The summed E-state index contributed by atoms with van der Waals surface area (Å²) in [5.74, 6) is -2.35. The van der Waals surface area contributed by atoms with Crippen molar-refractivity contribution in [1.82, 2.24) is 15.5 Å². The van der Waals surface area contributed by atoms with Crippen LogP contribution in [0.2, 0.25) is 0 Å². The molecule has 15 nitrogen and oxygen atoms in total. The number of nitrogens with zero attached hydrogens (tertiary/aromatic N) is 1. The Hall–Kier alpha value is -3.79. The fraction of sp³-hybridized carbons (Fsp3) is 0.607. The Morgan fingerprint density at radius 3 is 2.51 bits per heavy atom. The number of nitrogens with one attached hydrogen (secondary N) is 2. The highest BCUT2D eigenvalue weighted by atomic mass is 16.7. The van der Waals surface area contributed by atoms with Crippen LogP contribution >= 0.6 is 0 Å². The van der Waals surface area contributed by atoms with E-state index in [1.165, 1.54) is 32.7 Å². The van der Waals surface area contributed by atoms with Crippen LogP contribution in [-0.4, -0.2) is 110 Å². The standard InChI is InChI=1S/C28H39N3O12/c1-16(29-25(35)17(2)42-24-22(30-18(3)32)27-39-14-20(43-27)23(24)34)26(36)40-15-41-28(37)31(4)12-8-11-21(33)38-13-19-9-6-5-7-10-19/h5-7,9-10,16-17,20,22-24,27,34H,8,11-15H2,1-4H3,(H,29,35)(H,30,32)/t16-,17+,20+,22+,23+,24+,27+/m0/s1. The van der Waals surface area contributed by atoms with Gasteiger partial charge in [-0.2, -0.15) is 0 Å². The van der Waals surface area contributed by atoms with Crippen molar-refractivity contribution in [3.63, 3.8) is 0 Å². The van der Waals surface area contributed by atoms with Crippen molar-refractivity contribution in [2.75, 3.05) is 27.0 Å². The molecule has 0 aromatic heterocycles. The Bertz CT molecular complexity index is 1120. The molecule has 1 aromatic rings. The van der Waals surface area contributed by atoms with Crippen molar-refractivity contribution in [3.05, 3.63) is 35.9 Å². The molecule has 3 N–H and O–H groups in total. The molecule has 0 unspecified atom stereocenters. The molecule has 7 atom stereocenters. The fourth-order valence-corrected chi connectivity index (χ4v) is 4.36. The van der Waals surface area contributed by atoms with Gasteiger partial charge in [-0.15, -0.1) is 0 Å². The third-order valence-electron chi connectivity index (χ3n) is 6.72. The highest BCUT2D eigenvalue weighted by molar-refractivity contribution is 5.86. The molecule has 2 heterocycles. The molecular weight excluding hydrogens is 570 g/mol. The van der Waals surface area contributed by atoms with Crippen LogP contribution in [-0.2, 0) is 54.2 Å². The van der Waals surface area contributed by atoms with Crippen molar-refractivity contribution < 1.29 is 57.5 Å². The summed E-state index contributed by atoms with van der Waals surface area (Å²) in [4.78, 5) is 61.9. The second-order valence-electron chi connectivity index (χ2n) is 10.2. The van der Waals surface area contributed by atoms with E-state index >= 15 is 0 Å². The molecule has 0 spiro atoms. The molecule has 3 rings (SSSR count). The molecule has 0 aliphatic carbocycles. The Balaban J connectivity index is 1.33. The summed E-state index contributed by atoms with van der Waals surface area (Å²) in [6.45, 7) is 3.87. The van der Waals surface area contributed by atoms with Gasteiger partial charge < -0.3 is 49.1 Å². The van der Waals surface area contributed by atoms with Gasteiger partial charge in [0.1, 0.15) is 43.1 Å². The summed E-state index contributed by atoms with van der Waals surface area (Å²) in [5, 5.41) is 15.6. The summed E-state index contributed by atoms with van der Waals surface area (Å²) in [7, 11) is 1.47. The SMILES string of the molecule is CC(=O)N[C@H]1[C@@H]2OC[C@@H](O2)[C@@H](O)[C@@H]1O[C@H](C)C(=O)N[C@@H](C)C(=O)OCOC(=O)N(C)CCCC(=O)OCc1ccccc1. The lowest BCUT2D eigenvalue weighted by molar-refractivity contribution is -0.210. The number of amides is 3. The zero-order valence-electron chi connectivity index (χ0n) is 24.6. The average molecular weight is 610 g/mol. The van der Waals surface area contributed by atoms with Crippen molar-refractivity contribution in [2.24, 2.45) is 0 Å². The number of benzene rings is 1. The largest absolute Gasteiger partial charge is 0.461 e. The summed E-state index contributed by atoms with van der Waals surface area (Å²) in [6, 6.07) is 7.27.